The van der Waals surface area contributed by atoms with Crippen LogP contribution < -0.4 is 0 Å². The van der Waals surface area contributed by atoms with Gasteiger partial charge in [0, 0.05) is 0 Å². The van der Waals surface area contributed by atoms with E-state index in [1.165, 1.54) is 100 Å². The van der Waals surface area contributed by atoms with Gasteiger partial charge >= 0.3 is 0 Å². The van der Waals surface area contributed by atoms with Crippen molar-refractivity contribution in [3.05, 3.63) is 473 Å². The van der Waals surface area contributed by atoms with Gasteiger partial charge in [-0.2, -0.15) is 0 Å². The molecule has 0 aliphatic rings. The van der Waals surface area contributed by atoms with E-state index in [0.29, 0.717) is 0 Å². The Balaban J connectivity index is 0.943. The lowest BCUT2D eigenvalue weighted by Crippen LogP contribution is -2.02. The van der Waals surface area contributed by atoms with Crippen LogP contribution in [-0.2, 0) is 0 Å². The monoisotopic (exact) mass is 1450 g/mol. The van der Waals surface area contributed by atoms with E-state index in [1.54, 1.807) is 0 Å². The SMILES string of the molecule is c1ccc(-c2ccccc2-c2ccc(-c3c(-c4ccc(-c5ccccc5-c5ccccc5)cc4)c(-c4ccc(-c5ccccc5-c5ccccc5)cc4)c(-c4ccc(-c5ccccc5-c5ccccc5)cc4)c(-c4ccc(-c5ccccc5-c5ccccc5)cc4)c3-c3ccc(-c4ccccc4-c4ccccc4)cc3)cc2)cc1. The van der Waals surface area contributed by atoms with Crippen molar-refractivity contribution in [2.75, 3.05) is 0 Å². The molecule has 19 rings (SSSR count). The molecular formula is C114H78. The maximum absolute atomic E-state index is 2.40. The summed E-state index contributed by atoms with van der Waals surface area (Å²) in [5, 5.41) is 0. The predicted molar refractivity (Wildman–Crippen MR) is 484 cm³/mol. The van der Waals surface area contributed by atoms with E-state index in [2.05, 4.69) is 473 Å². The zero-order valence-electron chi connectivity index (χ0n) is 63.0. The zero-order valence-corrected chi connectivity index (χ0v) is 63.0. The molecule has 0 saturated heterocycles. The van der Waals surface area contributed by atoms with Gasteiger partial charge in [0.25, 0.3) is 0 Å². The molecule has 0 N–H and O–H groups in total. The van der Waals surface area contributed by atoms with Gasteiger partial charge in [-0.3, -0.25) is 0 Å². The molecule has 0 aromatic heterocycles. The van der Waals surface area contributed by atoms with Crippen LogP contribution in [0.4, 0.5) is 0 Å². The molecule has 0 aliphatic carbocycles. The largest absolute Gasteiger partial charge is 0.0622 e. The normalized spacial score (nSPS) is 11.2. The maximum Gasteiger partial charge on any atom is -0.00139 e. The minimum absolute atomic E-state index is 1.08. The quantitative estimate of drug-likeness (QED) is 0.0803. The van der Waals surface area contributed by atoms with Crippen LogP contribution in [0.15, 0.2) is 473 Å². The van der Waals surface area contributed by atoms with Crippen LogP contribution in [0.5, 0.6) is 0 Å². The Morgan fingerprint density at radius 3 is 0.246 bits per heavy atom. The van der Waals surface area contributed by atoms with Crippen molar-refractivity contribution >= 4 is 0 Å². The molecule has 19 aromatic carbocycles. The molecule has 0 aliphatic heterocycles. The molecule has 0 amide bonds. The molecule has 0 heterocycles. The first kappa shape index (κ1) is 69.6. The molecule has 0 atom stereocenters. The molecule has 0 spiro atoms. The van der Waals surface area contributed by atoms with Gasteiger partial charge in [-0.1, -0.05) is 473 Å². The van der Waals surface area contributed by atoms with E-state index in [4.69, 9.17) is 0 Å². The summed E-state index contributed by atoms with van der Waals surface area (Å²) >= 11 is 0. The molecule has 19 aromatic rings. The smallest absolute Gasteiger partial charge is 0.00139 e. The fourth-order valence-corrected chi connectivity index (χ4v) is 17.0. The molecule has 534 valence electrons. The Labute approximate surface area is 668 Å². The third kappa shape index (κ3) is 13.8. The van der Waals surface area contributed by atoms with Gasteiger partial charge in [0.15, 0.2) is 0 Å². The first-order valence-corrected chi connectivity index (χ1v) is 39.4. The topological polar surface area (TPSA) is 0 Å². The van der Waals surface area contributed by atoms with Gasteiger partial charge in [0.2, 0.25) is 0 Å². The molecule has 0 bridgehead atoms. The third-order valence-corrected chi connectivity index (χ3v) is 22.5. The van der Waals surface area contributed by atoms with Crippen molar-refractivity contribution in [1.29, 1.82) is 0 Å². The van der Waals surface area contributed by atoms with Crippen LogP contribution in [-0.4, -0.2) is 0 Å². The Hall–Kier alpha value is -14.8. The summed E-state index contributed by atoms with van der Waals surface area (Å²) in [4.78, 5) is 0. The van der Waals surface area contributed by atoms with E-state index in [0.717, 1.165) is 100 Å². The Morgan fingerprint density at radius 2 is 0.140 bits per heavy atom. The lowest BCUT2D eigenvalue weighted by molar-refractivity contribution is 1.50. The van der Waals surface area contributed by atoms with Crippen molar-refractivity contribution in [3.8, 4) is 200 Å². The number of hydrogen-bond donors (Lipinski definition) is 0. The molecule has 114 heavy (non-hydrogen) atoms. The van der Waals surface area contributed by atoms with Crippen molar-refractivity contribution in [2.24, 2.45) is 0 Å². The standard InChI is InChI=1S/C114H78/c1-7-31-79(32-8-1)97-43-19-25-49-103(97)85-55-67-91(68-56-85)109-110(92-69-57-86(58-70-92)104-50-26-20-44-98(104)80-33-9-2-10-34-80)112(94-73-61-88(62-74-94)106-52-28-22-46-100(106)82-37-13-4-14-38-82)114(96-77-65-90(66-78-96)108-54-30-24-48-102(108)84-41-17-6-18-42-84)113(95-75-63-89(64-76-95)107-53-29-23-47-101(107)83-39-15-5-16-40-83)111(109)93-71-59-87(60-72-93)105-51-27-21-45-99(105)81-35-11-3-12-36-81/h1-78H. The molecule has 0 saturated carbocycles. The van der Waals surface area contributed by atoms with Crippen molar-refractivity contribution in [1.82, 2.24) is 0 Å². The summed E-state index contributed by atoms with van der Waals surface area (Å²) in [6.07, 6.45) is 0. The van der Waals surface area contributed by atoms with Gasteiger partial charge in [-0.15, -0.1) is 0 Å². The van der Waals surface area contributed by atoms with Gasteiger partial charge < -0.3 is 0 Å². The van der Waals surface area contributed by atoms with Crippen LogP contribution in [0.25, 0.3) is 200 Å². The van der Waals surface area contributed by atoms with Crippen LogP contribution in [0, 0.1) is 0 Å². The highest BCUT2D eigenvalue weighted by Gasteiger charge is 2.31. The highest BCUT2D eigenvalue weighted by Crippen LogP contribution is 2.58. The van der Waals surface area contributed by atoms with E-state index >= 15 is 0 Å². The molecule has 0 heteroatoms. The summed E-state index contributed by atoms with van der Waals surface area (Å²) in [6.45, 7) is 0. The number of rotatable bonds is 18. The highest BCUT2D eigenvalue weighted by atomic mass is 14.3. The first-order chi connectivity index (χ1) is 56.6. The molecule has 0 unspecified atom stereocenters. The van der Waals surface area contributed by atoms with Crippen molar-refractivity contribution < 1.29 is 0 Å². The van der Waals surface area contributed by atoms with Gasteiger partial charge in [-0.05, 0) is 200 Å². The molecule has 0 fully saturated rings. The summed E-state index contributed by atoms with van der Waals surface area (Å²) < 4.78 is 0. The van der Waals surface area contributed by atoms with Gasteiger partial charge in [0.05, 0.1) is 0 Å². The Morgan fingerprint density at radius 1 is 0.0614 bits per heavy atom. The average Bonchev–Trinajstić information content (AvgIpc) is 0.711. The van der Waals surface area contributed by atoms with Gasteiger partial charge in [0.1, 0.15) is 0 Å². The average molecular weight is 1450 g/mol. The Bertz CT molecular complexity index is 5500. The lowest BCUT2D eigenvalue weighted by atomic mass is 9.73. The van der Waals surface area contributed by atoms with Crippen molar-refractivity contribution in [2.45, 2.75) is 0 Å². The van der Waals surface area contributed by atoms with E-state index in [-0.39, 0.29) is 0 Å². The molecule has 0 nitrogen and oxygen atoms in total. The van der Waals surface area contributed by atoms with Crippen LogP contribution in [0.2, 0.25) is 0 Å². The second-order valence-electron chi connectivity index (χ2n) is 29.2. The zero-order chi connectivity index (χ0) is 75.9. The van der Waals surface area contributed by atoms with Crippen molar-refractivity contribution in [3.63, 3.8) is 0 Å². The maximum atomic E-state index is 2.40. The van der Waals surface area contributed by atoms with E-state index in [1.807, 2.05) is 0 Å². The summed E-state index contributed by atoms with van der Waals surface area (Å²) in [6, 6.07) is 175. The first-order valence-electron chi connectivity index (χ1n) is 39.4. The second kappa shape index (κ2) is 31.6. The van der Waals surface area contributed by atoms with Crippen LogP contribution in [0.3, 0.4) is 0 Å². The molecule has 0 radical (unpaired) electrons. The van der Waals surface area contributed by atoms with E-state index in [9.17, 15) is 0 Å². The summed E-state index contributed by atoms with van der Waals surface area (Å²) in [7, 11) is 0. The van der Waals surface area contributed by atoms with E-state index < -0.39 is 0 Å². The van der Waals surface area contributed by atoms with Gasteiger partial charge in [-0.25, -0.2) is 0 Å². The second-order valence-corrected chi connectivity index (χ2v) is 29.2. The Kier molecular flexibility index (Phi) is 19.3. The summed E-state index contributed by atoms with van der Waals surface area (Å²) in [5.41, 5.74) is 41.2. The summed E-state index contributed by atoms with van der Waals surface area (Å²) in [5.74, 6) is 0. The predicted octanol–water partition coefficient (Wildman–Crippen LogP) is 31.7. The van der Waals surface area contributed by atoms with Crippen LogP contribution >= 0.6 is 0 Å². The van der Waals surface area contributed by atoms with Crippen LogP contribution in [0.1, 0.15) is 0 Å². The molecular weight excluding hydrogens is 1370 g/mol. The number of benzene rings is 19. The third-order valence-electron chi connectivity index (χ3n) is 22.5. The minimum Gasteiger partial charge on any atom is -0.0622 e. The highest BCUT2D eigenvalue weighted by molar-refractivity contribution is 6.16. The minimum atomic E-state index is 1.08. The number of hydrogen-bond acceptors (Lipinski definition) is 0. The lowest BCUT2D eigenvalue weighted by Gasteiger charge is -2.29. The fraction of sp³-hybridized carbons (Fsp3) is 0. The fourth-order valence-electron chi connectivity index (χ4n) is 17.0.